The lowest BCUT2D eigenvalue weighted by Crippen LogP contribution is -2.46. The van der Waals surface area contributed by atoms with E-state index in [9.17, 15) is 13.2 Å². The number of nitrogens with one attached hydrogen (secondary N) is 1. The Kier molecular flexibility index (Phi) is 5.73. The Morgan fingerprint density at radius 3 is 2.25 bits per heavy atom. The predicted octanol–water partition coefficient (Wildman–Crippen LogP) is 2.62. The number of sulfonamides is 1. The highest BCUT2D eigenvalue weighted by atomic mass is 32.2. The van der Waals surface area contributed by atoms with E-state index in [4.69, 9.17) is 5.11 Å². The largest absolute Gasteiger partial charge is 0.481 e. The number of aliphatic carboxylic acids is 1. The van der Waals surface area contributed by atoms with Crippen LogP contribution in [-0.2, 0) is 21.2 Å². The van der Waals surface area contributed by atoms with Crippen LogP contribution >= 0.6 is 11.3 Å². The minimum Gasteiger partial charge on any atom is -0.481 e. The molecule has 0 aliphatic carbocycles. The van der Waals surface area contributed by atoms with E-state index < -0.39 is 21.5 Å². The molecule has 0 saturated heterocycles. The van der Waals surface area contributed by atoms with Gasteiger partial charge in [0.2, 0.25) is 0 Å². The van der Waals surface area contributed by atoms with Gasteiger partial charge in [0.25, 0.3) is 10.0 Å². The number of carbonyl (C=O) groups is 1. The minimum absolute atomic E-state index is 0.152. The molecule has 7 heteroatoms. The van der Waals surface area contributed by atoms with E-state index in [1.54, 1.807) is 6.07 Å². The summed E-state index contributed by atoms with van der Waals surface area (Å²) in [6, 6.07) is 3.02. The van der Waals surface area contributed by atoms with Gasteiger partial charge >= 0.3 is 5.97 Å². The predicted molar refractivity (Wildman–Crippen MR) is 79.6 cm³/mol. The molecule has 1 aromatic rings. The van der Waals surface area contributed by atoms with Crippen LogP contribution in [0.15, 0.2) is 16.3 Å². The molecular weight excluding hydrogens is 298 g/mol. The molecule has 0 bridgehead atoms. The molecule has 114 valence electrons. The first-order valence-corrected chi connectivity index (χ1v) is 8.93. The smallest absolute Gasteiger partial charge is 0.308 e. The summed E-state index contributed by atoms with van der Waals surface area (Å²) in [5, 5.41) is 8.72. The number of hydrogen-bond donors (Lipinski definition) is 2. The molecule has 1 rings (SSSR count). The molecule has 20 heavy (non-hydrogen) atoms. The highest BCUT2D eigenvalue weighted by molar-refractivity contribution is 7.91. The Morgan fingerprint density at radius 2 is 1.80 bits per heavy atom. The lowest BCUT2D eigenvalue weighted by Gasteiger charge is -2.30. The van der Waals surface area contributed by atoms with Crippen LogP contribution in [0.1, 0.15) is 44.9 Å². The van der Waals surface area contributed by atoms with Crippen LogP contribution < -0.4 is 4.72 Å². The van der Waals surface area contributed by atoms with E-state index in [0.717, 1.165) is 11.3 Å². The maximum Gasteiger partial charge on any atom is 0.308 e. The van der Waals surface area contributed by atoms with Crippen LogP contribution in [0.5, 0.6) is 0 Å². The van der Waals surface area contributed by atoms with Gasteiger partial charge in [-0.25, -0.2) is 13.1 Å². The molecule has 0 aromatic carbocycles. The van der Waals surface area contributed by atoms with Crippen molar-refractivity contribution in [2.24, 2.45) is 0 Å². The van der Waals surface area contributed by atoms with Crippen molar-refractivity contribution in [1.82, 2.24) is 4.72 Å². The topological polar surface area (TPSA) is 83.5 Å². The monoisotopic (exact) mass is 319 g/mol. The summed E-state index contributed by atoms with van der Waals surface area (Å²) in [4.78, 5) is 11.2. The minimum atomic E-state index is -3.59. The summed E-state index contributed by atoms with van der Waals surface area (Å²) in [5.74, 6) is -0.964. The van der Waals surface area contributed by atoms with Crippen molar-refractivity contribution in [3.8, 4) is 0 Å². The van der Waals surface area contributed by atoms with Crippen LogP contribution in [0, 0.1) is 0 Å². The molecule has 1 heterocycles. The van der Waals surface area contributed by atoms with Crippen LogP contribution in [-0.4, -0.2) is 25.0 Å². The first-order valence-electron chi connectivity index (χ1n) is 6.63. The van der Waals surface area contributed by atoms with Gasteiger partial charge in [-0.15, -0.1) is 11.3 Å². The Hall–Kier alpha value is -0.920. The second-order valence-electron chi connectivity index (χ2n) is 4.74. The Balaban J connectivity index is 2.99. The molecule has 0 aliphatic heterocycles. The summed E-state index contributed by atoms with van der Waals surface area (Å²) in [6.45, 7) is 5.87. The van der Waals surface area contributed by atoms with Crippen molar-refractivity contribution in [2.75, 3.05) is 0 Å². The Morgan fingerprint density at radius 1 is 1.25 bits per heavy atom. The van der Waals surface area contributed by atoms with Gasteiger partial charge in [-0.2, -0.15) is 0 Å². The third-order valence-electron chi connectivity index (χ3n) is 3.61. The molecule has 0 atom stereocenters. The molecule has 0 unspecified atom stereocenters. The third kappa shape index (κ3) is 4.04. The zero-order valence-corrected chi connectivity index (χ0v) is 13.6. The molecule has 0 fully saturated rings. The van der Waals surface area contributed by atoms with Crippen molar-refractivity contribution >= 4 is 27.3 Å². The number of carboxylic acid groups (broad SMARTS) is 1. The van der Waals surface area contributed by atoms with Crippen molar-refractivity contribution < 1.29 is 18.3 Å². The van der Waals surface area contributed by atoms with E-state index in [0.29, 0.717) is 24.1 Å². The van der Waals surface area contributed by atoms with Gasteiger partial charge in [0.05, 0.1) is 6.42 Å². The summed E-state index contributed by atoms with van der Waals surface area (Å²) < 4.78 is 27.7. The fourth-order valence-electron chi connectivity index (χ4n) is 2.05. The SMILES string of the molecule is CCC(CC)(CC)NS(=O)(=O)c1ccc(CC(=O)O)s1. The number of carboxylic acids is 1. The molecule has 0 amide bonds. The van der Waals surface area contributed by atoms with Crippen LogP contribution in [0.3, 0.4) is 0 Å². The van der Waals surface area contributed by atoms with Crippen molar-refractivity contribution in [3.05, 3.63) is 17.0 Å². The lowest BCUT2D eigenvalue weighted by molar-refractivity contribution is -0.136. The average Bonchev–Trinajstić information content (AvgIpc) is 2.84. The molecule has 2 N–H and O–H groups in total. The second kappa shape index (κ2) is 6.69. The van der Waals surface area contributed by atoms with Gasteiger partial charge in [-0.1, -0.05) is 20.8 Å². The van der Waals surface area contributed by atoms with E-state index in [1.807, 2.05) is 20.8 Å². The molecule has 0 aliphatic rings. The average molecular weight is 319 g/mol. The first kappa shape index (κ1) is 17.1. The van der Waals surface area contributed by atoms with E-state index in [1.165, 1.54) is 6.07 Å². The van der Waals surface area contributed by atoms with E-state index in [-0.39, 0.29) is 10.6 Å². The van der Waals surface area contributed by atoms with Gasteiger partial charge in [0.1, 0.15) is 4.21 Å². The maximum atomic E-state index is 12.4. The molecule has 5 nitrogen and oxygen atoms in total. The van der Waals surface area contributed by atoms with Gasteiger partial charge < -0.3 is 5.11 Å². The van der Waals surface area contributed by atoms with Crippen LogP contribution in [0.25, 0.3) is 0 Å². The quantitative estimate of drug-likeness (QED) is 0.771. The molecule has 0 spiro atoms. The molecular formula is C13H21NO4S2. The zero-order valence-electron chi connectivity index (χ0n) is 12.0. The third-order valence-corrected chi connectivity index (χ3v) is 6.76. The highest BCUT2D eigenvalue weighted by Gasteiger charge is 2.31. The van der Waals surface area contributed by atoms with Crippen molar-refractivity contribution in [1.29, 1.82) is 0 Å². The van der Waals surface area contributed by atoms with Crippen molar-refractivity contribution in [2.45, 2.75) is 56.2 Å². The highest BCUT2D eigenvalue weighted by Crippen LogP contribution is 2.27. The Bertz CT molecular complexity index is 550. The van der Waals surface area contributed by atoms with Gasteiger partial charge in [0, 0.05) is 10.4 Å². The summed E-state index contributed by atoms with van der Waals surface area (Å²) in [6.07, 6.45) is 1.99. The first-order chi connectivity index (χ1) is 9.28. The zero-order chi connectivity index (χ0) is 15.4. The maximum absolute atomic E-state index is 12.4. The van der Waals surface area contributed by atoms with Gasteiger partial charge in [-0.3, -0.25) is 4.79 Å². The summed E-state index contributed by atoms with van der Waals surface area (Å²) in [7, 11) is -3.59. The molecule has 0 saturated carbocycles. The summed E-state index contributed by atoms with van der Waals surface area (Å²) in [5.41, 5.74) is -0.435. The summed E-state index contributed by atoms with van der Waals surface area (Å²) >= 11 is 1.01. The van der Waals surface area contributed by atoms with Crippen LogP contribution in [0.4, 0.5) is 0 Å². The van der Waals surface area contributed by atoms with Crippen LogP contribution in [0.2, 0.25) is 0 Å². The second-order valence-corrected chi connectivity index (χ2v) is 7.82. The fourth-order valence-corrected chi connectivity index (χ4v) is 5.01. The van der Waals surface area contributed by atoms with E-state index in [2.05, 4.69) is 4.72 Å². The number of rotatable bonds is 8. The number of hydrogen-bond acceptors (Lipinski definition) is 4. The number of thiophene rings is 1. The van der Waals surface area contributed by atoms with E-state index >= 15 is 0 Å². The van der Waals surface area contributed by atoms with Crippen molar-refractivity contribution in [3.63, 3.8) is 0 Å². The lowest BCUT2D eigenvalue weighted by atomic mass is 9.91. The Labute approximate surface area is 124 Å². The fraction of sp³-hybridized carbons (Fsp3) is 0.615. The molecule has 1 aromatic heterocycles. The van der Waals surface area contributed by atoms with Gasteiger partial charge in [-0.05, 0) is 31.4 Å². The van der Waals surface area contributed by atoms with Gasteiger partial charge in [0.15, 0.2) is 0 Å². The standard InChI is InChI=1S/C13H21NO4S2/c1-4-13(5-2,6-3)14-20(17,18)12-8-7-10(19-12)9-11(15)16/h7-8,14H,4-6,9H2,1-3H3,(H,15,16). The normalized spacial score (nSPS) is 12.6. The molecule has 0 radical (unpaired) electrons.